The zero-order valence-electron chi connectivity index (χ0n) is 11.1. The maximum atomic E-state index is 12.7. The van der Waals surface area contributed by atoms with E-state index in [2.05, 4.69) is 0 Å². The van der Waals surface area contributed by atoms with E-state index in [1.807, 2.05) is 6.92 Å². The predicted molar refractivity (Wildman–Crippen MR) is 68.8 cm³/mol. The Labute approximate surface area is 116 Å². The topological polar surface area (TPSA) is 66.8 Å². The Hall–Kier alpha value is -2.11. The van der Waals surface area contributed by atoms with Crippen LogP contribution in [0.2, 0.25) is 0 Å². The van der Waals surface area contributed by atoms with Crippen molar-refractivity contribution in [2.45, 2.75) is 6.92 Å². The van der Waals surface area contributed by atoms with Gasteiger partial charge in [-0.05, 0) is 30.2 Å². The van der Waals surface area contributed by atoms with E-state index in [0.717, 1.165) is 0 Å². The quantitative estimate of drug-likeness (QED) is 0.905. The predicted octanol–water partition coefficient (Wildman–Crippen LogP) is 1.38. The summed E-state index contributed by atoms with van der Waals surface area (Å²) in [4.78, 5) is 24.4. The Kier molecular flexibility index (Phi) is 4.22. The van der Waals surface area contributed by atoms with Crippen LogP contribution >= 0.6 is 0 Å². The molecule has 108 valence electrons. The van der Waals surface area contributed by atoms with Gasteiger partial charge in [0, 0.05) is 13.1 Å². The molecule has 2 rings (SSSR count). The van der Waals surface area contributed by atoms with E-state index >= 15 is 0 Å². The molecule has 1 aromatic carbocycles. The van der Waals surface area contributed by atoms with Crippen molar-refractivity contribution in [3.8, 4) is 5.75 Å². The third kappa shape index (κ3) is 3.26. The monoisotopic (exact) mass is 281 g/mol. The van der Waals surface area contributed by atoms with Gasteiger partial charge in [0.05, 0.1) is 5.92 Å². The highest BCUT2D eigenvalue weighted by atomic mass is 19.1. The van der Waals surface area contributed by atoms with E-state index in [-0.39, 0.29) is 30.8 Å². The molecule has 1 heterocycles. The van der Waals surface area contributed by atoms with Crippen molar-refractivity contribution in [3.63, 3.8) is 0 Å². The second-order valence-corrected chi connectivity index (χ2v) is 4.96. The number of hydrogen-bond acceptors (Lipinski definition) is 3. The lowest BCUT2D eigenvalue weighted by Crippen LogP contribution is -2.33. The number of carboxylic acid groups (broad SMARTS) is 1. The van der Waals surface area contributed by atoms with Crippen LogP contribution in [0.25, 0.3) is 0 Å². The van der Waals surface area contributed by atoms with Gasteiger partial charge in [0.1, 0.15) is 11.6 Å². The first-order valence-corrected chi connectivity index (χ1v) is 6.36. The van der Waals surface area contributed by atoms with E-state index in [9.17, 15) is 14.0 Å². The molecule has 20 heavy (non-hydrogen) atoms. The zero-order chi connectivity index (χ0) is 14.7. The minimum Gasteiger partial charge on any atom is -0.484 e. The van der Waals surface area contributed by atoms with Crippen LogP contribution in [0.3, 0.4) is 0 Å². The molecule has 5 nitrogen and oxygen atoms in total. The van der Waals surface area contributed by atoms with Gasteiger partial charge < -0.3 is 14.7 Å². The summed E-state index contributed by atoms with van der Waals surface area (Å²) in [6, 6.07) is 5.38. The maximum Gasteiger partial charge on any atom is 0.308 e. The summed E-state index contributed by atoms with van der Waals surface area (Å²) in [6.45, 7) is 2.27. The summed E-state index contributed by atoms with van der Waals surface area (Å²) in [5.74, 6) is -1.70. The number of amides is 1. The SMILES string of the molecule is CC1CN(C(=O)COc2ccc(F)cc2)CC1C(=O)O. The summed E-state index contributed by atoms with van der Waals surface area (Å²) in [7, 11) is 0. The minimum atomic E-state index is -0.882. The number of likely N-dealkylation sites (tertiary alicyclic amines) is 1. The Balaban J connectivity index is 1.87. The molecular weight excluding hydrogens is 265 g/mol. The zero-order valence-corrected chi connectivity index (χ0v) is 11.1. The first-order chi connectivity index (χ1) is 9.47. The fourth-order valence-corrected chi connectivity index (χ4v) is 2.26. The van der Waals surface area contributed by atoms with Crippen LogP contribution in [0.5, 0.6) is 5.75 Å². The average molecular weight is 281 g/mol. The largest absolute Gasteiger partial charge is 0.484 e. The first-order valence-electron chi connectivity index (χ1n) is 6.36. The van der Waals surface area contributed by atoms with Crippen LogP contribution in [-0.2, 0) is 9.59 Å². The number of benzene rings is 1. The highest BCUT2D eigenvalue weighted by molar-refractivity contribution is 5.80. The smallest absolute Gasteiger partial charge is 0.308 e. The fourth-order valence-electron chi connectivity index (χ4n) is 2.26. The molecule has 1 aliphatic rings. The van der Waals surface area contributed by atoms with Crippen LogP contribution < -0.4 is 4.74 Å². The molecule has 2 unspecified atom stereocenters. The van der Waals surface area contributed by atoms with Crippen molar-refractivity contribution in [3.05, 3.63) is 30.1 Å². The number of halogens is 1. The van der Waals surface area contributed by atoms with E-state index in [1.54, 1.807) is 0 Å². The normalized spacial score (nSPS) is 21.8. The molecule has 0 spiro atoms. The molecular formula is C14H16FNO4. The molecule has 1 aliphatic heterocycles. The molecule has 0 aliphatic carbocycles. The highest BCUT2D eigenvalue weighted by Gasteiger charge is 2.36. The van der Waals surface area contributed by atoms with Crippen molar-refractivity contribution in [2.24, 2.45) is 11.8 Å². The van der Waals surface area contributed by atoms with Crippen molar-refractivity contribution in [1.29, 1.82) is 0 Å². The van der Waals surface area contributed by atoms with Crippen LogP contribution in [0.1, 0.15) is 6.92 Å². The molecule has 6 heteroatoms. The minimum absolute atomic E-state index is 0.0673. The van der Waals surface area contributed by atoms with Crippen LogP contribution in [-0.4, -0.2) is 41.6 Å². The van der Waals surface area contributed by atoms with Crippen molar-refractivity contribution in [2.75, 3.05) is 19.7 Å². The van der Waals surface area contributed by atoms with Crippen LogP contribution in [0, 0.1) is 17.7 Å². The number of ether oxygens (including phenoxy) is 1. The van der Waals surface area contributed by atoms with E-state index in [1.165, 1.54) is 29.2 Å². The third-order valence-corrected chi connectivity index (χ3v) is 3.46. The van der Waals surface area contributed by atoms with Gasteiger partial charge in [0.15, 0.2) is 6.61 Å². The first kappa shape index (κ1) is 14.3. The summed E-state index contributed by atoms with van der Waals surface area (Å²) in [6.07, 6.45) is 0. The molecule has 0 radical (unpaired) electrons. The lowest BCUT2D eigenvalue weighted by atomic mass is 9.99. The number of aliphatic carboxylic acids is 1. The summed E-state index contributed by atoms with van der Waals surface area (Å²) in [5, 5.41) is 9.01. The molecule has 1 amide bonds. The molecule has 0 bridgehead atoms. The highest BCUT2D eigenvalue weighted by Crippen LogP contribution is 2.23. The van der Waals surface area contributed by atoms with Gasteiger partial charge >= 0.3 is 5.97 Å². The number of nitrogens with zero attached hydrogens (tertiary/aromatic N) is 1. The summed E-state index contributed by atoms with van der Waals surface area (Å²) >= 11 is 0. The number of rotatable bonds is 4. The standard InChI is InChI=1S/C14H16FNO4/c1-9-6-16(7-12(9)14(18)19)13(17)8-20-11-4-2-10(15)3-5-11/h2-5,9,12H,6-8H2,1H3,(H,18,19). The third-order valence-electron chi connectivity index (χ3n) is 3.46. The molecule has 0 saturated carbocycles. The molecule has 1 aromatic rings. The lowest BCUT2D eigenvalue weighted by Gasteiger charge is -2.16. The average Bonchev–Trinajstić information content (AvgIpc) is 2.80. The van der Waals surface area contributed by atoms with Crippen molar-refractivity contribution >= 4 is 11.9 Å². The Morgan fingerprint density at radius 1 is 1.35 bits per heavy atom. The van der Waals surface area contributed by atoms with Gasteiger partial charge in [-0.25, -0.2) is 4.39 Å². The number of carboxylic acids is 1. The number of carbonyl (C=O) groups excluding carboxylic acids is 1. The van der Waals surface area contributed by atoms with Crippen LogP contribution in [0.4, 0.5) is 4.39 Å². The Bertz CT molecular complexity index is 502. The Morgan fingerprint density at radius 3 is 2.55 bits per heavy atom. The molecule has 1 N–H and O–H groups in total. The second-order valence-electron chi connectivity index (χ2n) is 4.96. The van der Waals surface area contributed by atoms with Gasteiger partial charge in [-0.2, -0.15) is 0 Å². The van der Waals surface area contributed by atoms with Gasteiger partial charge in [0.2, 0.25) is 0 Å². The molecule has 0 aromatic heterocycles. The fraction of sp³-hybridized carbons (Fsp3) is 0.429. The molecule has 1 saturated heterocycles. The van der Waals surface area contributed by atoms with Gasteiger partial charge in [0.25, 0.3) is 5.91 Å². The second kappa shape index (κ2) is 5.90. The number of hydrogen-bond donors (Lipinski definition) is 1. The number of carbonyl (C=O) groups is 2. The summed E-state index contributed by atoms with van der Waals surface area (Å²) < 4.78 is 18.0. The van der Waals surface area contributed by atoms with E-state index in [0.29, 0.717) is 12.3 Å². The molecule has 2 atom stereocenters. The van der Waals surface area contributed by atoms with Gasteiger partial charge in [-0.1, -0.05) is 6.92 Å². The lowest BCUT2D eigenvalue weighted by molar-refractivity contribution is -0.142. The van der Waals surface area contributed by atoms with Crippen molar-refractivity contribution < 1.29 is 23.8 Å². The molecule has 1 fully saturated rings. The van der Waals surface area contributed by atoms with Crippen LogP contribution in [0.15, 0.2) is 24.3 Å². The van der Waals surface area contributed by atoms with E-state index < -0.39 is 11.9 Å². The maximum absolute atomic E-state index is 12.7. The van der Waals surface area contributed by atoms with E-state index in [4.69, 9.17) is 9.84 Å². The van der Waals surface area contributed by atoms with Crippen molar-refractivity contribution in [1.82, 2.24) is 4.90 Å². The Morgan fingerprint density at radius 2 is 2.00 bits per heavy atom. The van der Waals surface area contributed by atoms with Gasteiger partial charge in [-0.3, -0.25) is 9.59 Å². The summed E-state index contributed by atoms with van der Waals surface area (Å²) in [5.41, 5.74) is 0. The van der Waals surface area contributed by atoms with Gasteiger partial charge in [-0.15, -0.1) is 0 Å².